The lowest BCUT2D eigenvalue weighted by molar-refractivity contribution is -0.163. The van der Waals surface area contributed by atoms with Crippen molar-refractivity contribution in [3.63, 3.8) is 0 Å². The molecule has 0 fully saturated rings. The van der Waals surface area contributed by atoms with Gasteiger partial charge in [0, 0.05) is 13.7 Å². The third-order valence-electron chi connectivity index (χ3n) is 4.11. The maximum Gasteiger partial charge on any atom is 0.511 e. The van der Waals surface area contributed by atoms with Crippen LogP contribution in [0, 0.1) is 10.8 Å². The summed E-state index contributed by atoms with van der Waals surface area (Å²) in [6.07, 6.45) is 0.441. The molecule has 0 heterocycles. The van der Waals surface area contributed by atoms with Crippen molar-refractivity contribution < 1.29 is 45.4 Å². The van der Waals surface area contributed by atoms with Crippen LogP contribution in [0.25, 0.3) is 0 Å². The molecule has 0 saturated heterocycles. The summed E-state index contributed by atoms with van der Waals surface area (Å²) >= 11 is 0. The Morgan fingerprint density at radius 3 is 1.96 bits per heavy atom. The molecule has 0 bridgehead atoms. The van der Waals surface area contributed by atoms with Crippen molar-refractivity contribution in [2.24, 2.45) is 10.8 Å². The van der Waals surface area contributed by atoms with Gasteiger partial charge >= 0.3 is 27.5 Å². The first-order chi connectivity index (χ1) is 12.6. The van der Waals surface area contributed by atoms with Gasteiger partial charge in [0.2, 0.25) is 0 Å². The van der Waals surface area contributed by atoms with Gasteiger partial charge in [-0.15, -0.1) is 0 Å². The van der Waals surface area contributed by atoms with Gasteiger partial charge in [-0.2, -0.15) is 13.2 Å². The standard InChI is InChI=1S/C16H28F3NO7S/c1-6-15(4,13(22)27-10-9-25-5)11-14(2,3)12(21)26-8-7-20-28(23,24)16(17,18)19/h20H,6-11H2,1-5H3. The van der Waals surface area contributed by atoms with Crippen molar-refractivity contribution in [1.29, 1.82) is 0 Å². The van der Waals surface area contributed by atoms with Gasteiger partial charge in [-0.3, -0.25) is 9.59 Å². The van der Waals surface area contributed by atoms with Crippen LogP contribution in [0.3, 0.4) is 0 Å². The topological polar surface area (TPSA) is 108 Å². The summed E-state index contributed by atoms with van der Waals surface area (Å²) in [5.74, 6) is -1.28. The fourth-order valence-corrected chi connectivity index (χ4v) is 2.89. The molecule has 1 N–H and O–H groups in total. The maximum absolute atomic E-state index is 12.3. The average molecular weight is 435 g/mol. The smallest absolute Gasteiger partial charge is 0.464 e. The molecule has 0 aromatic carbocycles. The zero-order chi connectivity index (χ0) is 22.2. The largest absolute Gasteiger partial charge is 0.511 e. The van der Waals surface area contributed by atoms with E-state index in [2.05, 4.69) is 0 Å². The summed E-state index contributed by atoms with van der Waals surface area (Å²) in [6.45, 7) is 5.41. The quantitative estimate of drug-likeness (QED) is 0.369. The molecular weight excluding hydrogens is 407 g/mol. The fraction of sp³-hybridized carbons (Fsp3) is 0.875. The van der Waals surface area contributed by atoms with E-state index >= 15 is 0 Å². The zero-order valence-electron chi connectivity index (χ0n) is 16.6. The second-order valence-corrected chi connectivity index (χ2v) is 8.84. The predicted molar refractivity (Wildman–Crippen MR) is 93.6 cm³/mol. The van der Waals surface area contributed by atoms with Gasteiger partial charge in [-0.05, 0) is 33.6 Å². The highest BCUT2D eigenvalue weighted by molar-refractivity contribution is 7.90. The number of methoxy groups -OCH3 is 1. The molecule has 1 atom stereocenters. The van der Waals surface area contributed by atoms with Crippen molar-refractivity contribution in [2.45, 2.75) is 46.0 Å². The van der Waals surface area contributed by atoms with Crippen LogP contribution in [0.4, 0.5) is 13.2 Å². The van der Waals surface area contributed by atoms with Gasteiger partial charge in [0.25, 0.3) is 0 Å². The van der Waals surface area contributed by atoms with E-state index in [-0.39, 0.29) is 19.6 Å². The van der Waals surface area contributed by atoms with Crippen LogP contribution in [0.2, 0.25) is 0 Å². The second-order valence-electron chi connectivity index (χ2n) is 7.08. The van der Waals surface area contributed by atoms with Crippen molar-refractivity contribution in [3.05, 3.63) is 0 Å². The van der Waals surface area contributed by atoms with Crippen LogP contribution in [0.1, 0.15) is 40.5 Å². The highest BCUT2D eigenvalue weighted by atomic mass is 32.2. The number of hydrogen-bond donors (Lipinski definition) is 1. The summed E-state index contributed by atoms with van der Waals surface area (Å²) in [6, 6.07) is 0. The second kappa shape index (κ2) is 10.4. The summed E-state index contributed by atoms with van der Waals surface area (Å²) in [5.41, 5.74) is -7.59. The first kappa shape index (κ1) is 26.6. The van der Waals surface area contributed by atoms with E-state index in [0.29, 0.717) is 6.42 Å². The van der Waals surface area contributed by atoms with Crippen LogP contribution in [0.5, 0.6) is 0 Å². The molecular formula is C16H28F3NO7S. The van der Waals surface area contributed by atoms with Crippen molar-refractivity contribution in [3.8, 4) is 0 Å². The molecule has 0 aliphatic rings. The van der Waals surface area contributed by atoms with Gasteiger partial charge in [-0.1, -0.05) is 6.92 Å². The number of halogens is 3. The monoisotopic (exact) mass is 435 g/mol. The lowest BCUT2D eigenvalue weighted by Crippen LogP contribution is -2.41. The minimum Gasteiger partial charge on any atom is -0.464 e. The van der Waals surface area contributed by atoms with Gasteiger partial charge in [-0.25, -0.2) is 13.1 Å². The summed E-state index contributed by atoms with van der Waals surface area (Å²) in [5, 5.41) is 0. The number of sulfonamides is 1. The van der Waals surface area contributed by atoms with Gasteiger partial charge in [0.1, 0.15) is 13.2 Å². The zero-order valence-corrected chi connectivity index (χ0v) is 17.5. The Morgan fingerprint density at radius 1 is 0.964 bits per heavy atom. The minimum absolute atomic E-state index is 0.0646. The van der Waals surface area contributed by atoms with Crippen LogP contribution in [-0.4, -0.2) is 59.3 Å². The number of nitrogens with one attached hydrogen (secondary N) is 1. The van der Waals surface area contributed by atoms with E-state index in [1.54, 1.807) is 13.8 Å². The van der Waals surface area contributed by atoms with Crippen molar-refractivity contribution in [2.75, 3.05) is 33.5 Å². The Bertz CT molecular complexity index is 635. The first-order valence-electron chi connectivity index (χ1n) is 8.52. The Kier molecular flexibility index (Phi) is 9.88. The molecule has 0 aromatic rings. The van der Waals surface area contributed by atoms with Crippen LogP contribution >= 0.6 is 0 Å². The fourth-order valence-electron chi connectivity index (χ4n) is 2.38. The molecule has 8 nitrogen and oxygen atoms in total. The molecule has 0 aromatic heterocycles. The van der Waals surface area contributed by atoms with Crippen LogP contribution < -0.4 is 4.72 Å². The minimum atomic E-state index is -5.50. The van der Waals surface area contributed by atoms with E-state index in [9.17, 15) is 31.2 Å². The van der Waals surface area contributed by atoms with E-state index in [0.717, 1.165) is 0 Å². The van der Waals surface area contributed by atoms with Gasteiger partial charge < -0.3 is 14.2 Å². The molecule has 28 heavy (non-hydrogen) atoms. The number of rotatable bonds is 12. The third kappa shape index (κ3) is 7.92. The van der Waals surface area contributed by atoms with Crippen molar-refractivity contribution in [1.82, 2.24) is 4.72 Å². The summed E-state index contributed by atoms with van der Waals surface area (Å²) in [7, 11) is -4.04. The predicted octanol–water partition coefficient (Wildman–Crippen LogP) is 1.99. The van der Waals surface area contributed by atoms with Crippen LogP contribution in [-0.2, 0) is 33.8 Å². The Labute approximate surface area is 163 Å². The molecule has 0 amide bonds. The lowest BCUT2D eigenvalue weighted by Gasteiger charge is -2.33. The van der Waals surface area contributed by atoms with E-state index < -0.39 is 51.5 Å². The van der Waals surface area contributed by atoms with E-state index in [1.165, 1.54) is 25.7 Å². The highest BCUT2D eigenvalue weighted by Gasteiger charge is 2.46. The molecule has 1 unspecified atom stereocenters. The van der Waals surface area contributed by atoms with E-state index in [4.69, 9.17) is 14.2 Å². The molecule has 166 valence electrons. The summed E-state index contributed by atoms with van der Waals surface area (Å²) in [4.78, 5) is 24.6. The number of carbonyl (C=O) groups excluding carboxylic acids is 2. The molecule has 0 aliphatic carbocycles. The Morgan fingerprint density at radius 2 is 1.50 bits per heavy atom. The number of ether oxygens (including phenoxy) is 3. The Hall–Kier alpha value is -1.40. The highest BCUT2D eigenvalue weighted by Crippen LogP contribution is 2.38. The maximum atomic E-state index is 12.3. The lowest BCUT2D eigenvalue weighted by atomic mass is 9.72. The molecule has 0 saturated carbocycles. The molecule has 12 heteroatoms. The summed E-state index contributed by atoms with van der Waals surface area (Å²) < 4.78 is 74.5. The number of carbonyl (C=O) groups is 2. The average Bonchev–Trinajstić information content (AvgIpc) is 2.57. The number of alkyl halides is 3. The van der Waals surface area contributed by atoms with Gasteiger partial charge in [0.05, 0.1) is 17.4 Å². The molecule has 0 radical (unpaired) electrons. The number of hydrogen-bond acceptors (Lipinski definition) is 7. The van der Waals surface area contributed by atoms with Gasteiger partial charge in [0.15, 0.2) is 0 Å². The SMILES string of the molecule is CCC(C)(CC(C)(C)C(=O)OCCNS(=O)(=O)C(F)(F)F)C(=O)OCCOC. The normalized spacial score (nSPS) is 15.0. The molecule has 0 aliphatic heterocycles. The Balaban J connectivity index is 4.77. The third-order valence-corrected chi connectivity index (χ3v) is 5.30. The van der Waals surface area contributed by atoms with Crippen molar-refractivity contribution >= 4 is 22.0 Å². The first-order valence-corrected chi connectivity index (χ1v) is 10.0. The number of esters is 2. The molecule has 0 rings (SSSR count). The van der Waals surface area contributed by atoms with Crippen LogP contribution in [0.15, 0.2) is 0 Å². The van der Waals surface area contributed by atoms with E-state index in [1.807, 2.05) is 0 Å². The molecule has 0 spiro atoms.